The van der Waals surface area contributed by atoms with Crippen LogP contribution in [-0.2, 0) is 9.53 Å². The molecule has 0 aliphatic carbocycles. The molecule has 1 aromatic carbocycles. The summed E-state index contributed by atoms with van der Waals surface area (Å²) in [5.41, 5.74) is 1.13. The lowest BCUT2D eigenvalue weighted by molar-refractivity contribution is -0.150. The summed E-state index contributed by atoms with van der Waals surface area (Å²) in [5, 5.41) is 10.4. The lowest BCUT2D eigenvalue weighted by Gasteiger charge is -2.08. The number of fused-ring (bicyclic) bond motifs is 1. The molecule has 0 aliphatic rings. The predicted molar refractivity (Wildman–Crippen MR) is 53.2 cm³/mol. The van der Waals surface area contributed by atoms with Crippen molar-refractivity contribution in [1.29, 1.82) is 0 Å². The van der Waals surface area contributed by atoms with E-state index in [1.807, 2.05) is 0 Å². The molecule has 0 radical (unpaired) electrons. The van der Waals surface area contributed by atoms with Gasteiger partial charge in [-0.2, -0.15) is 0 Å². The molecule has 1 N–H and O–H groups in total. The molecule has 1 heterocycles. The van der Waals surface area contributed by atoms with E-state index < -0.39 is 12.1 Å². The Morgan fingerprint density at radius 3 is 3.00 bits per heavy atom. The van der Waals surface area contributed by atoms with Gasteiger partial charge in [-0.05, 0) is 12.1 Å². The van der Waals surface area contributed by atoms with E-state index in [2.05, 4.69) is 4.74 Å². The Bertz CT molecular complexity index is 486. The van der Waals surface area contributed by atoms with Crippen LogP contribution < -0.4 is 0 Å². The smallest absolute Gasteiger partial charge is 0.339 e. The van der Waals surface area contributed by atoms with Gasteiger partial charge in [-0.3, -0.25) is 0 Å². The van der Waals surface area contributed by atoms with Gasteiger partial charge < -0.3 is 14.3 Å². The first-order chi connectivity index (χ1) is 7.24. The second kappa shape index (κ2) is 3.74. The maximum atomic E-state index is 11.2. The number of esters is 1. The Kier molecular flexibility index (Phi) is 2.43. The number of rotatable bonds is 2. The van der Waals surface area contributed by atoms with E-state index >= 15 is 0 Å². The van der Waals surface area contributed by atoms with Crippen molar-refractivity contribution >= 4 is 16.9 Å². The number of ether oxygens (including phenoxy) is 1. The maximum Gasteiger partial charge on any atom is 0.339 e. The van der Waals surface area contributed by atoms with Crippen LogP contribution in [0.15, 0.2) is 34.9 Å². The van der Waals surface area contributed by atoms with Gasteiger partial charge >= 0.3 is 5.97 Å². The zero-order valence-corrected chi connectivity index (χ0v) is 8.14. The molecule has 15 heavy (non-hydrogen) atoms. The molecule has 0 amide bonds. The highest BCUT2D eigenvalue weighted by Crippen LogP contribution is 2.25. The summed E-state index contributed by atoms with van der Waals surface area (Å²) >= 11 is 0. The molecule has 0 spiro atoms. The Morgan fingerprint density at radius 2 is 2.27 bits per heavy atom. The molecule has 0 fully saturated rings. The number of methoxy groups -OCH3 is 1. The highest BCUT2D eigenvalue weighted by Gasteiger charge is 2.20. The summed E-state index contributed by atoms with van der Waals surface area (Å²) < 4.78 is 9.63. The molecule has 1 aromatic heterocycles. The molecular weight excluding hydrogens is 196 g/mol. The van der Waals surface area contributed by atoms with Crippen LogP contribution in [0.5, 0.6) is 0 Å². The summed E-state index contributed by atoms with van der Waals surface area (Å²) in [5.74, 6) is -0.677. The van der Waals surface area contributed by atoms with E-state index in [0.29, 0.717) is 11.1 Å². The zero-order valence-electron chi connectivity index (χ0n) is 8.14. The van der Waals surface area contributed by atoms with Crippen LogP contribution in [0, 0.1) is 0 Å². The Hall–Kier alpha value is -1.81. The van der Waals surface area contributed by atoms with Crippen molar-refractivity contribution in [1.82, 2.24) is 0 Å². The van der Waals surface area contributed by atoms with Crippen molar-refractivity contribution in [2.75, 3.05) is 7.11 Å². The minimum absolute atomic E-state index is 0.494. The van der Waals surface area contributed by atoms with E-state index in [4.69, 9.17) is 4.42 Å². The van der Waals surface area contributed by atoms with Gasteiger partial charge in [0, 0.05) is 10.9 Å². The van der Waals surface area contributed by atoms with Crippen molar-refractivity contribution in [2.45, 2.75) is 6.10 Å². The highest BCUT2D eigenvalue weighted by atomic mass is 16.5. The number of benzene rings is 1. The van der Waals surface area contributed by atoms with Gasteiger partial charge in [-0.1, -0.05) is 12.1 Å². The average molecular weight is 206 g/mol. The van der Waals surface area contributed by atoms with Crippen molar-refractivity contribution in [2.24, 2.45) is 0 Å². The maximum absolute atomic E-state index is 11.2. The van der Waals surface area contributed by atoms with Crippen LogP contribution >= 0.6 is 0 Å². The number of furan rings is 1. The lowest BCUT2D eigenvalue weighted by Crippen LogP contribution is -2.13. The second-order valence-electron chi connectivity index (χ2n) is 3.11. The van der Waals surface area contributed by atoms with E-state index in [0.717, 1.165) is 5.39 Å². The van der Waals surface area contributed by atoms with Crippen molar-refractivity contribution in [3.63, 3.8) is 0 Å². The van der Waals surface area contributed by atoms with Crippen molar-refractivity contribution < 1.29 is 19.1 Å². The first-order valence-electron chi connectivity index (χ1n) is 4.46. The summed E-state index contributed by atoms with van der Waals surface area (Å²) in [6.45, 7) is 0. The highest BCUT2D eigenvalue weighted by molar-refractivity contribution is 5.87. The number of aliphatic hydroxyl groups is 1. The van der Waals surface area contributed by atoms with Crippen LogP contribution in [-0.4, -0.2) is 18.2 Å². The van der Waals surface area contributed by atoms with E-state index in [9.17, 15) is 9.90 Å². The van der Waals surface area contributed by atoms with Gasteiger partial charge in [0.1, 0.15) is 5.58 Å². The number of hydrogen-bond acceptors (Lipinski definition) is 4. The molecule has 78 valence electrons. The van der Waals surface area contributed by atoms with Crippen LogP contribution in [0.2, 0.25) is 0 Å². The third-order valence-corrected chi connectivity index (χ3v) is 2.25. The van der Waals surface area contributed by atoms with Crippen LogP contribution in [0.4, 0.5) is 0 Å². The average Bonchev–Trinajstić information content (AvgIpc) is 2.74. The monoisotopic (exact) mass is 206 g/mol. The fourth-order valence-electron chi connectivity index (χ4n) is 1.49. The molecule has 2 rings (SSSR count). The molecule has 0 aliphatic heterocycles. The molecule has 0 bridgehead atoms. The largest absolute Gasteiger partial charge is 0.467 e. The predicted octanol–water partition coefficient (Wildman–Crippen LogP) is 1.64. The molecule has 2 aromatic rings. The standard InChI is InChI=1S/C11H10O4/c1-14-11(13)10(12)8-3-2-4-9-7(8)5-6-15-9/h2-6,10,12H,1H3. The Balaban J connectivity index is 2.51. The van der Waals surface area contributed by atoms with E-state index in [-0.39, 0.29) is 0 Å². The summed E-state index contributed by atoms with van der Waals surface area (Å²) in [6, 6.07) is 6.85. The van der Waals surface area contributed by atoms with Gasteiger partial charge in [0.25, 0.3) is 0 Å². The molecule has 1 unspecified atom stereocenters. The second-order valence-corrected chi connectivity index (χ2v) is 3.11. The van der Waals surface area contributed by atoms with E-state index in [1.54, 1.807) is 24.3 Å². The number of aliphatic hydroxyl groups excluding tert-OH is 1. The summed E-state index contributed by atoms with van der Waals surface area (Å²) in [7, 11) is 1.24. The Labute approximate surface area is 86.1 Å². The van der Waals surface area contributed by atoms with Gasteiger partial charge in [-0.25, -0.2) is 4.79 Å². The first-order valence-corrected chi connectivity index (χ1v) is 4.46. The van der Waals surface area contributed by atoms with Crippen LogP contribution in [0.3, 0.4) is 0 Å². The normalized spacial score (nSPS) is 12.7. The van der Waals surface area contributed by atoms with Crippen LogP contribution in [0.1, 0.15) is 11.7 Å². The lowest BCUT2D eigenvalue weighted by atomic mass is 10.1. The van der Waals surface area contributed by atoms with Gasteiger partial charge in [-0.15, -0.1) is 0 Å². The third-order valence-electron chi connectivity index (χ3n) is 2.25. The molecule has 4 nitrogen and oxygen atoms in total. The third kappa shape index (κ3) is 1.59. The summed E-state index contributed by atoms with van der Waals surface area (Å²) in [4.78, 5) is 11.2. The molecular formula is C11H10O4. The molecule has 0 saturated carbocycles. The minimum atomic E-state index is -1.27. The number of carbonyl (C=O) groups excluding carboxylic acids is 1. The quantitative estimate of drug-likeness (QED) is 0.759. The summed E-state index contributed by atoms with van der Waals surface area (Å²) in [6.07, 6.45) is 0.245. The van der Waals surface area contributed by atoms with E-state index in [1.165, 1.54) is 13.4 Å². The van der Waals surface area contributed by atoms with Gasteiger partial charge in [0.2, 0.25) is 0 Å². The van der Waals surface area contributed by atoms with Gasteiger partial charge in [0.05, 0.1) is 13.4 Å². The van der Waals surface area contributed by atoms with Gasteiger partial charge in [0.15, 0.2) is 6.10 Å². The molecule has 0 saturated heterocycles. The minimum Gasteiger partial charge on any atom is -0.467 e. The topological polar surface area (TPSA) is 59.7 Å². The first kappa shape index (κ1) is 9.73. The number of carbonyl (C=O) groups is 1. The molecule has 4 heteroatoms. The van der Waals surface area contributed by atoms with Crippen molar-refractivity contribution in [3.8, 4) is 0 Å². The Morgan fingerprint density at radius 1 is 1.47 bits per heavy atom. The zero-order chi connectivity index (χ0) is 10.8. The fourth-order valence-corrected chi connectivity index (χ4v) is 1.49. The van der Waals surface area contributed by atoms with Crippen molar-refractivity contribution in [3.05, 3.63) is 36.1 Å². The molecule has 1 atom stereocenters. The fraction of sp³-hybridized carbons (Fsp3) is 0.182. The SMILES string of the molecule is COC(=O)C(O)c1cccc2occc12. The van der Waals surface area contributed by atoms with Crippen LogP contribution in [0.25, 0.3) is 11.0 Å². The number of hydrogen-bond donors (Lipinski definition) is 1.